The van der Waals surface area contributed by atoms with Crippen LogP contribution < -0.4 is 5.32 Å². The second-order valence-corrected chi connectivity index (χ2v) is 8.28. The van der Waals surface area contributed by atoms with E-state index in [-0.39, 0.29) is 17.6 Å². The zero-order chi connectivity index (χ0) is 18.9. The number of aromatic nitrogens is 2. The lowest BCUT2D eigenvalue weighted by Gasteiger charge is -2.19. The van der Waals surface area contributed by atoms with Gasteiger partial charge in [0, 0.05) is 22.5 Å². The van der Waals surface area contributed by atoms with Crippen molar-refractivity contribution in [3.05, 3.63) is 39.7 Å². The first-order valence-corrected chi connectivity index (χ1v) is 11.3. The predicted octanol–water partition coefficient (Wildman–Crippen LogP) is 5.03. The molecule has 0 saturated heterocycles. The standard InChI is InChI=1S/C17H21Cl2N3O2S2/c1-3-4-11(13-6-5-12(18)7-14(13)19)8-20-15(23)9-26-17-22-21-16(24-17)10-25-2/h5-7,11H,3-4,8-10H2,1-2H3,(H,20,23)/t11-/m1/s1. The van der Waals surface area contributed by atoms with Gasteiger partial charge in [0.1, 0.15) is 0 Å². The Morgan fingerprint density at radius 1 is 1.35 bits per heavy atom. The average Bonchev–Trinajstić information content (AvgIpc) is 3.05. The van der Waals surface area contributed by atoms with Crippen molar-refractivity contribution in [2.45, 2.75) is 36.7 Å². The quantitative estimate of drug-likeness (QED) is 0.529. The van der Waals surface area contributed by atoms with Crippen molar-refractivity contribution >= 4 is 52.6 Å². The van der Waals surface area contributed by atoms with E-state index in [0.717, 1.165) is 18.4 Å². The lowest BCUT2D eigenvalue weighted by Crippen LogP contribution is -2.30. The Kier molecular flexibility index (Phi) is 9.11. The van der Waals surface area contributed by atoms with Crippen LogP contribution in [0.5, 0.6) is 0 Å². The minimum Gasteiger partial charge on any atom is -0.415 e. The summed E-state index contributed by atoms with van der Waals surface area (Å²) in [5, 5.41) is 12.5. The maximum atomic E-state index is 12.1. The molecule has 0 bridgehead atoms. The highest BCUT2D eigenvalue weighted by atomic mass is 35.5. The smallest absolute Gasteiger partial charge is 0.277 e. The van der Waals surface area contributed by atoms with Gasteiger partial charge in [-0.1, -0.05) is 54.4 Å². The number of carbonyl (C=O) groups excluding carboxylic acids is 1. The molecule has 0 unspecified atom stereocenters. The molecule has 2 aromatic rings. The fourth-order valence-electron chi connectivity index (χ4n) is 2.44. The molecule has 1 heterocycles. The predicted molar refractivity (Wildman–Crippen MR) is 109 cm³/mol. The van der Waals surface area contributed by atoms with Crippen LogP contribution in [0.3, 0.4) is 0 Å². The first-order valence-electron chi connectivity index (χ1n) is 8.19. The normalized spacial score (nSPS) is 12.2. The third-order valence-corrected chi connectivity index (χ3v) is 5.54. The van der Waals surface area contributed by atoms with Gasteiger partial charge in [-0.05, 0) is 30.4 Å². The zero-order valence-corrected chi connectivity index (χ0v) is 17.8. The summed E-state index contributed by atoms with van der Waals surface area (Å²) < 4.78 is 5.44. The topological polar surface area (TPSA) is 68.0 Å². The number of nitrogens with zero attached hydrogens (tertiary/aromatic N) is 2. The molecule has 142 valence electrons. The van der Waals surface area contributed by atoms with E-state index in [1.54, 1.807) is 17.8 Å². The summed E-state index contributed by atoms with van der Waals surface area (Å²) in [6.07, 6.45) is 3.88. The third-order valence-electron chi connectivity index (χ3n) is 3.63. The van der Waals surface area contributed by atoms with Gasteiger partial charge in [0.25, 0.3) is 5.22 Å². The number of thioether (sulfide) groups is 2. The number of rotatable bonds is 10. The monoisotopic (exact) mass is 433 g/mol. The maximum Gasteiger partial charge on any atom is 0.277 e. The Morgan fingerprint density at radius 3 is 2.85 bits per heavy atom. The summed E-state index contributed by atoms with van der Waals surface area (Å²) in [6, 6.07) is 5.49. The van der Waals surface area contributed by atoms with E-state index in [4.69, 9.17) is 27.6 Å². The second kappa shape index (κ2) is 11.1. The van der Waals surface area contributed by atoms with Crippen molar-refractivity contribution in [3.63, 3.8) is 0 Å². The number of halogens is 2. The highest BCUT2D eigenvalue weighted by molar-refractivity contribution is 7.99. The number of nitrogens with one attached hydrogen (secondary N) is 1. The van der Waals surface area contributed by atoms with Gasteiger partial charge in [0.15, 0.2) is 0 Å². The second-order valence-electron chi connectivity index (χ2n) is 5.64. The van der Waals surface area contributed by atoms with Crippen LogP contribution in [0, 0.1) is 0 Å². The number of hydrogen-bond donors (Lipinski definition) is 1. The summed E-state index contributed by atoms with van der Waals surface area (Å²) in [7, 11) is 0. The van der Waals surface area contributed by atoms with Crippen molar-refractivity contribution in [2.24, 2.45) is 0 Å². The van der Waals surface area contributed by atoms with E-state index in [2.05, 4.69) is 22.4 Å². The lowest BCUT2D eigenvalue weighted by atomic mass is 9.94. The van der Waals surface area contributed by atoms with E-state index in [0.29, 0.717) is 33.5 Å². The van der Waals surface area contributed by atoms with Gasteiger partial charge in [-0.3, -0.25) is 4.79 Å². The molecule has 9 heteroatoms. The van der Waals surface area contributed by atoms with E-state index in [1.165, 1.54) is 11.8 Å². The molecule has 0 saturated carbocycles. The highest BCUT2D eigenvalue weighted by Crippen LogP contribution is 2.30. The maximum absolute atomic E-state index is 12.1. The summed E-state index contributed by atoms with van der Waals surface area (Å²) in [5.41, 5.74) is 1.00. The largest absolute Gasteiger partial charge is 0.415 e. The molecule has 5 nitrogen and oxygen atoms in total. The molecule has 0 aliphatic rings. The molecular weight excluding hydrogens is 413 g/mol. The Hall–Kier alpha value is -0.890. The van der Waals surface area contributed by atoms with Gasteiger partial charge in [-0.25, -0.2) is 0 Å². The Bertz CT molecular complexity index is 728. The molecule has 1 atom stereocenters. The molecule has 1 N–H and O–H groups in total. The molecule has 2 rings (SSSR count). The average molecular weight is 434 g/mol. The summed E-state index contributed by atoms with van der Waals surface area (Å²) in [5.74, 6) is 1.54. The molecule has 0 fully saturated rings. The lowest BCUT2D eigenvalue weighted by molar-refractivity contribution is -0.118. The van der Waals surface area contributed by atoms with Crippen molar-refractivity contribution in [2.75, 3.05) is 18.6 Å². The fourth-order valence-corrected chi connectivity index (χ4v) is 3.98. The third kappa shape index (κ3) is 6.68. The first kappa shape index (κ1) is 21.4. The van der Waals surface area contributed by atoms with E-state index in [1.807, 2.05) is 18.4 Å². The summed E-state index contributed by atoms with van der Waals surface area (Å²) >= 11 is 15.1. The number of carbonyl (C=O) groups is 1. The molecule has 26 heavy (non-hydrogen) atoms. The highest BCUT2D eigenvalue weighted by Gasteiger charge is 2.16. The SMILES string of the molecule is CCC[C@H](CNC(=O)CSc1nnc(CSC)o1)c1ccc(Cl)cc1Cl. The van der Waals surface area contributed by atoms with Crippen molar-refractivity contribution < 1.29 is 9.21 Å². The van der Waals surface area contributed by atoms with Crippen LogP contribution in [0.4, 0.5) is 0 Å². The molecule has 0 aliphatic carbocycles. The van der Waals surface area contributed by atoms with E-state index < -0.39 is 0 Å². The van der Waals surface area contributed by atoms with Crippen molar-refractivity contribution in [1.82, 2.24) is 15.5 Å². The Balaban J connectivity index is 1.86. The van der Waals surface area contributed by atoms with Crippen molar-refractivity contribution in [3.8, 4) is 0 Å². The minimum absolute atomic E-state index is 0.0780. The van der Waals surface area contributed by atoms with Crippen LogP contribution >= 0.6 is 46.7 Å². The van der Waals surface area contributed by atoms with E-state index >= 15 is 0 Å². The Morgan fingerprint density at radius 2 is 2.15 bits per heavy atom. The molecule has 1 aromatic carbocycles. The van der Waals surface area contributed by atoms with Gasteiger partial charge >= 0.3 is 0 Å². The first-order chi connectivity index (χ1) is 12.5. The van der Waals surface area contributed by atoms with Crippen LogP contribution in [0.15, 0.2) is 27.8 Å². The molecule has 0 aliphatic heterocycles. The number of hydrogen-bond acceptors (Lipinski definition) is 6. The van der Waals surface area contributed by atoms with Crippen LogP contribution in [-0.4, -0.2) is 34.7 Å². The molecular formula is C17H21Cl2N3O2S2. The molecule has 1 amide bonds. The van der Waals surface area contributed by atoms with Crippen LogP contribution in [0.1, 0.15) is 37.1 Å². The fraction of sp³-hybridized carbons (Fsp3) is 0.471. The van der Waals surface area contributed by atoms with Gasteiger partial charge in [-0.15, -0.1) is 10.2 Å². The van der Waals surface area contributed by atoms with E-state index in [9.17, 15) is 4.79 Å². The summed E-state index contributed by atoms with van der Waals surface area (Å²) in [6.45, 7) is 2.63. The molecule has 1 aromatic heterocycles. The summed E-state index contributed by atoms with van der Waals surface area (Å²) in [4.78, 5) is 12.1. The minimum atomic E-state index is -0.0780. The molecule has 0 radical (unpaired) electrons. The van der Waals surface area contributed by atoms with Crippen molar-refractivity contribution in [1.29, 1.82) is 0 Å². The zero-order valence-electron chi connectivity index (χ0n) is 14.6. The van der Waals surface area contributed by atoms with Crippen LogP contribution in [-0.2, 0) is 10.5 Å². The van der Waals surface area contributed by atoms with Crippen LogP contribution in [0.25, 0.3) is 0 Å². The van der Waals surface area contributed by atoms with Gasteiger partial charge in [-0.2, -0.15) is 11.8 Å². The Labute approximate surface area is 172 Å². The van der Waals surface area contributed by atoms with Crippen LogP contribution in [0.2, 0.25) is 10.0 Å². The number of benzene rings is 1. The van der Waals surface area contributed by atoms with Gasteiger partial charge < -0.3 is 9.73 Å². The van der Waals surface area contributed by atoms with Gasteiger partial charge in [0.05, 0.1) is 11.5 Å². The van der Waals surface area contributed by atoms with Gasteiger partial charge in [0.2, 0.25) is 11.8 Å². The molecule has 0 spiro atoms. The number of amides is 1.